The van der Waals surface area contributed by atoms with Gasteiger partial charge in [-0.3, -0.25) is 14.5 Å². The second kappa shape index (κ2) is 7.15. The number of rotatable bonds is 3. The third kappa shape index (κ3) is 3.47. The number of nitrogens with one attached hydrogen (secondary N) is 1. The average molecular weight is 367 g/mol. The van der Waals surface area contributed by atoms with E-state index >= 15 is 0 Å². The van der Waals surface area contributed by atoms with Crippen LogP contribution in [0.1, 0.15) is 41.0 Å². The zero-order valence-electron chi connectivity index (χ0n) is 15.6. The number of carbonyl (C=O) groups is 2. The highest BCUT2D eigenvalue weighted by Crippen LogP contribution is 2.25. The van der Waals surface area contributed by atoms with Crippen molar-refractivity contribution in [3.05, 3.63) is 41.2 Å². The van der Waals surface area contributed by atoms with E-state index in [1.54, 1.807) is 12.1 Å². The molecule has 27 heavy (non-hydrogen) atoms. The zero-order chi connectivity index (χ0) is 19.0. The number of H-pyrrole nitrogens is 1. The first-order chi connectivity index (χ1) is 13.0. The Labute approximate surface area is 158 Å². The Bertz CT molecular complexity index is 858. The van der Waals surface area contributed by atoms with Crippen molar-refractivity contribution in [2.24, 2.45) is 5.73 Å². The topological polar surface area (TPSA) is 95.3 Å². The van der Waals surface area contributed by atoms with Crippen molar-refractivity contribution in [2.45, 2.75) is 38.3 Å². The van der Waals surface area contributed by atoms with Crippen molar-refractivity contribution >= 4 is 11.8 Å². The summed E-state index contributed by atoms with van der Waals surface area (Å²) in [5.74, 6) is 0.548. The molecule has 142 valence electrons. The van der Waals surface area contributed by atoms with Gasteiger partial charge in [-0.25, -0.2) is 4.98 Å². The number of amides is 2. The van der Waals surface area contributed by atoms with Crippen LogP contribution in [0.4, 0.5) is 0 Å². The summed E-state index contributed by atoms with van der Waals surface area (Å²) in [6, 6.07) is 7.08. The lowest BCUT2D eigenvalue weighted by atomic mass is 10.0. The van der Waals surface area contributed by atoms with Crippen LogP contribution in [0.15, 0.2) is 24.3 Å². The van der Waals surface area contributed by atoms with Crippen LogP contribution in [0.3, 0.4) is 0 Å². The fourth-order valence-electron chi connectivity index (χ4n) is 4.01. The second-order valence-electron chi connectivity index (χ2n) is 7.45. The van der Waals surface area contributed by atoms with E-state index in [4.69, 9.17) is 10.7 Å². The number of fused-ring (bicyclic) bond motifs is 1. The molecule has 0 saturated carbocycles. The molecule has 2 aliphatic rings. The molecule has 0 bridgehead atoms. The molecule has 1 aromatic heterocycles. The number of hydrogen-bond acceptors (Lipinski definition) is 4. The molecule has 7 heteroatoms. The Balaban J connectivity index is 1.50. The molecule has 1 aromatic carbocycles. The number of carbonyl (C=O) groups excluding carboxylic acids is 2. The number of aromatic amines is 1. The van der Waals surface area contributed by atoms with E-state index in [0.29, 0.717) is 18.7 Å². The van der Waals surface area contributed by atoms with Gasteiger partial charge in [-0.2, -0.15) is 0 Å². The van der Waals surface area contributed by atoms with Gasteiger partial charge in [0.05, 0.1) is 24.0 Å². The van der Waals surface area contributed by atoms with Gasteiger partial charge in [0.1, 0.15) is 5.82 Å². The smallest absolute Gasteiger partial charge is 0.248 e. The molecule has 2 amide bonds. The number of likely N-dealkylation sites (N-methyl/N-ethyl adjacent to an activating group) is 1. The quantitative estimate of drug-likeness (QED) is 0.860. The number of nitrogens with two attached hydrogens (primary N) is 1. The van der Waals surface area contributed by atoms with Gasteiger partial charge < -0.3 is 15.6 Å². The van der Waals surface area contributed by atoms with Crippen LogP contribution in [0.25, 0.3) is 11.4 Å². The molecule has 1 fully saturated rings. The second-order valence-corrected chi connectivity index (χ2v) is 7.45. The minimum absolute atomic E-state index is 0.00374. The number of nitrogens with zero attached hydrogens (tertiary/aromatic N) is 3. The maximum Gasteiger partial charge on any atom is 0.248 e. The monoisotopic (exact) mass is 367 g/mol. The molecule has 2 aromatic rings. The number of hydrogen-bond donors (Lipinski definition) is 2. The van der Waals surface area contributed by atoms with Crippen molar-refractivity contribution in [3.8, 4) is 11.4 Å². The first-order valence-electron chi connectivity index (χ1n) is 9.50. The Hall–Kier alpha value is -2.67. The fourth-order valence-corrected chi connectivity index (χ4v) is 4.01. The molecule has 4 rings (SSSR count). The highest BCUT2D eigenvalue weighted by atomic mass is 16.2. The molecule has 3 heterocycles. The molecular weight excluding hydrogens is 342 g/mol. The summed E-state index contributed by atoms with van der Waals surface area (Å²) < 4.78 is 0. The van der Waals surface area contributed by atoms with Gasteiger partial charge in [-0.15, -0.1) is 0 Å². The molecule has 1 atom stereocenters. The molecular formula is C20H25N5O2. The van der Waals surface area contributed by atoms with Crippen LogP contribution in [-0.4, -0.2) is 57.8 Å². The molecule has 2 aliphatic heterocycles. The number of benzene rings is 1. The van der Waals surface area contributed by atoms with E-state index in [0.717, 1.165) is 48.6 Å². The van der Waals surface area contributed by atoms with Crippen molar-refractivity contribution < 1.29 is 9.59 Å². The normalized spacial score (nSPS) is 20.3. The van der Waals surface area contributed by atoms with Gasteiger partial charge >= 0.3 is 0 Å². The molecule has 0 spiro atoms. The van der Waals surface area contributed by atoms with Crippen molar-refractivity contribution in [3.63, 3.8) is 0 Å². The summed E-state index contributed by atoms with van der Waals surface area (Å²) in [4.78, 5) is 36.4. The highest BCUT2D eigenvalue weighted by Gasteiger charge is 2.32. The maximum atomic E-state index is 13.0. The average Bonchev–Trinajstić information content (AvgIpc) is 3.11. The Morgan fingerprint density at radius 3 is 2.67 bits per heavy atom. The number of primary amides is 1. The minimum atomic E-state index is -0.442. The third-order valence-electron chi connectivity index (χ3n) is 5.64. The van der Waals surface area contributed by atoms with Crippen molar-refractivity contribution in [2.75, 3.05) is 20.1 Å². The molecule has 7 nitrogen and oxygen atoms in total. The number of piperidine rings is 1. The Morgan fingerprint density at radius 2 is 1.96 bits per heavy atom. The Morgan fingerprint density at radius 1 is 1.19 bits per heavy atom. The highest BCUT2D eigenvalue weighted by molar-refractivity contribution is 5.93. The lowest BCUT2D eigenvalue weighted by Crippen LogP contribution is -2.50. The molecule has 0 radical (unpaired) electrons. The zero-order valence-corrected chi connectivity index (χ0v) is 15.6. The first kappa shape index (κ1) is 17.7. The van der Waals surface area contributed by atoms with E-state index < -0.39 is 5.91 Å². The number of imidazole rings is 1. The van der Waals surface area contributed by atoms with Crippen LogP contribution in [0.5, 0.6) is 0 Å². The predicted octanol–water partition coefficient (Wildman–Crippen LogP) is 1.54. The minimum Gasteiger partial charge on any atom is -0.366 e. The maximum absolute atomic E-state index is 13.0. The summed E-state index contributed by atoms with van der Waals surface area (Å²) in [5.41, 5.74) is 8.69. The molecule has 0 aliphatic carbocycles. The largest absolute Gasteiger partial charge is 0.366 e. The molecule has 3 N–H and O–H groups in total. The van der Waals surface area contributed by atoms with E-state index in [-0.39, 0.29) is 11.9 Å². The lowest BCUT2D eigenvalue weighted by Gasteiger charge is -2.36. The van der Waals surface area contributed by atoms with Crippen LogP contribution in [-0.2, 0) is 17.8 Å². The van der Waals surface area contributed by atoms with Gasteiger partial charge in [-0.05, 0) is 38.6 Å². The fraction of sp³-hybridized carbons (Fsp3) is 0.450. The van der Waals surface area contributed by atoms with Gasteiger partial charge in [0.2, 0.25) is 11.8 Å². The predicted molar refractivity (Wildman–Crippen MR) is 102 cm³/mol. The van der Waals surface area contributed by atoms with Gasteiger partial charge in [-0.1, -0.05) is 18.6 Å². The van der Waals surface area contributed by atoms with Crippen LogP contribution in [0.2, 0.25) is 0 Å². The lowest BCUT2D eigenvalue weighted by molar-refractivity contribution is -0.138. The summed E-state index contributed by atoms with van der Waals surface area (Å²) >= 11 is 0. The summed E-state index contributed by atoms with van der Waals surface area (Å²) in [7, 11) is 2.04. The van der Waals surface area contributed by atoms with Crippen LogP contribution >= 0.6 is 0 Å². The van der Waals surface area contributed by atoms with E-state index in [9.17, 15) is 9.59 Å². The van der Waals surface area contributed by atoms with E-state index in [1.807, 2.05) is 24.1 Å². The molecule has 1 unspecified atom stereocenters. The standard InChI is InChI=1S/C20H25N5O2/c1-24-10-3-2-4-17(24)20(27)25-11-9-15-16(12-25)23-19(22-15)14-7-5-13(6-8-14)18(21)26/h5-8,17H,2-4,9-12H2,1H3,(H2,21,26)(H,22,23). The molecule has 1 saturated heterocycles. The van der Waals surface area contributed by atoms with Crippen LogP contribution < -0.4 is 5.73 Å². The summed E-state index contributed by atoms with van der Waals surface area (Å²) in [6.07, 6.45) is 3.99. The first-order valence-corrected chi connectivity index (χ1v) is 9.50. The van der Waals surface area contributed by atoms with E-state index in [2.05, 4.69) is 9.88 Å². The van der Waals surface area contributed by atoms with Crippen molar-refractivity contribution in [1.29, 1.82) is 0 Å². The summed E-state index contributed by atoms with van der Waals surface area (Å²) in [5, 5.41) is 0. The summed E-state index contributed by atoms with van der Waals surface area (Å²) in [6.45, 7) is 2.27. The van der Waals surface area contributed by atoms with Crippen molar-refractivity contribution in [1.82, 2.24) is 19.8 Å². The number of aromatic nitrogens is 2. The van der Waals surface area contributed by atoms with Gasteiger partial charge in [0.25, 0.3) is 0 Å². The van der Waals surface area contributed by atoms with Gasteiger partial charge in [0.15, 0.2) is 0 Å². The third-order valence-corrected chi connectivity index (χ3v) is 5.64. The SMILES string of the molecule is CN1CCCCC1C(=O)N1CCc2nc(-c3ccc(C(N)=O)cc3)[nH]c2C1. The van der Waals surface area contributed by atoms with Gasteiger partial charge in [0, 0.05) is 24.1 Å². The Kier molecular flexibility index (Phi) is 4.70. The van der Waals surface area contributed by atoms with Crippen LogP contribution in [0, 0.1) is 0 Å². The number of likely N-dealkylation sites (tertiary alicyclic amines) is 1. The van der Waals surface area contributed by atoms with E-state index in [1.165, 1.54) is 6.42 Å².